The highest BCUT2D eigenvalue weighted by Crippen LogP contribution is 2.25. The molecule has 1 nitrogen and oxygen atoms in total. The molecule has 118 valence electrons. The Hall–Kier alpha value is -1.11. The van der Waals surface area contributed by atoms with Gasteiger partial charge in [0, 0.05) is 12.3 Å². The average Bonchev–Trinajstić information content (AvgIpc) is 2.41. The summed E-state index contributed by atoms with van der Waals surface area (Å²) in [6.07, 6.45) is 11.8. The molecule has 0 aromatic heterocycles. The van der Waals surface area contributed by atoms with Crippen molar-refractivity contribution in [3.63, 3.8) is 0 Å². The summed E-state index contributed by atoms with van der Waals surface area (Å²) in [5, 5.41) is 0. The van der Waals surface area contributed by atoms with Crippen LogP contribution in [0.4, 0.5) is 0 Å². The lowest BCUT2D eigenvalue weighted by molar-refractivity contribution is -0.123. The van der Waals surface area contributed by atoms with Crippen LogP contribution in [0.3, 0.4) is 0 Å². The van der Waals surface area contributed by atoms with Crippen LogP contribution in [-0.4, -0.2) is 5.78 Å². The van der Waals surface area contributed by atoms with Crippen molar-refractivity contribution < 1.29 is 4.79 Å². The second-order valence-electron chi connectivity index (χ2n) is 6.87. The molecule has 2 atom stereocenters. The maximum Gasteiger partial charge on any atom is 0.136 e. The average molecular weight is 288 g/mol. The van der Waals surface area contributed by atoms with Crippen LogP contribution in [0.25, 0.3) is 0 Å². The van der Waals surface area contributed by atoms with Crippen molar-refractivity contribution >= 4 is 5.78 Å². The van der Waals surface area contributed by atoms with Crippen molar-refractivity contribution in [2.24, 2.45) is 11.8 Å². The Morgan fingerprint density at radius 3 is 2.38 bits per heavy atom. The van der Waals surface area contributed by atoms with Gasteiger partial charge >= 0.3 is 0 Å². The maximum atomic E-state index is 12.4. The topological polar surface area (TPSA) is 17.1 Å². The van der Waals surface area contributed by atoms with Crippen molar-refractivity contribution in [1.82, 2.24) is 0 Å². The molecule has 1 rings (SSSR count). The molecule has 0 fully saturated rings. The third-order valence-corrected chi connectivity index (χ3v) is 4.71. The zero-order valence-electron chi connectivity index (χ0n) is 14.4. The van der Waals surface area contributed by atoms with Gasteiger partial charge in [-0.2, -0.15) is 0 Å². The Bertz CT molecular complexity index is 425. The highest BCUT2D eigenvalue weighted by Gasteiger charge is 2.19. The van der Waals surface area contributed by atoms with Crippen LogP contribution in [0.2, 0.25) is 0 Å². The van der Waals surface area contributed by atoms with E-state index in [0.717, 1.165) is 44.1 Å². The van der Waals surface area contributed by atoms with Crippen LogP contribution >= 0.6 is 0 Å². The zero-order chi connectivity index (χ0) is 15.8. The van der Waals surface area contributed by atoms with Crippen LogP contribution in [0, 0.1) is 11.8 Å². The van der Waals surface area contributed by atoms with E-state index in [9.17, 15) is 4.79 Å². The van der Waals surface area contributed by atoms with Crippen LogP contribution < -0.4 is 0 Å². The van der Waals surface area contributed by atoms with E-state index in [0.29, 0.717) is 18.1 Å². The fraction of sp³-hybridized carbons (Fsp3) is 0.650. The van der Waals surface area contributed by atoms with Crippen molar-refractivity contribution in [1.29, 1.82) is 0 Å². The molecule has 0 N–H and O–H groups in total. The SMILES string of the molecule is C=C(C)C1CCC(C)=CCCC(C)=CCCC(C)C(=O)C1. The largest absolute Gasteiger partial charge is 0.299 e. The van der Waals surface area contributed by atoms with Crippen molar-refractivity contribution in [3.8, 4) is 0 Å². The molecule has 0 heterocycles. The van der Waals surface area contributed by atoms with Gasteiger partial charge in [-0.05, 0) is 65.2 Å². The van der Waals surface area contributed by atoms with Gasteiger partial charge in [-0.25, -0.2) is 0 Å². The van der Waals surface area contributed by atoms with E-state index in [2.05, 4.69) is 46.4 Å². The Morgan fingerprint density at radius 2 is 1.71 bits per heavy atom. The number of rotatable bonds is 1. The normalized spacial score (nSPS) is 26.6. The Balaban J connectivity index is 2.80. The standard InChI is InChI=1S/C20H32O/c1-15(2)19-13-12-17(4)9-6-8-16(3)10-7-11-18(5)20(21)14-19/h9-10,18-19H,1,6-8,11-14H2,2-5H3. The number of Topliss-reactive ketones (excluding diaryl/α,β-unsaturated/α-hetero) is 1. The molecule has 1 heteroatoms. The quantitative estimate of drug-likeness (QED) is 0.539. The van der Waals surface area contributed by atoms with E-state index in [1.165, 1.54) is 11.1 Å². The van der Waals surface area contributed by atoms with E-state index in [1.54, 1.807) is 0 Å². The Morgan fingerprint density at radius 1 is 1.10 bits per heavy atom. The molecular formula is C20H32O. The summed E-state index contributed by atoms with van der Waals surface area (Å²) in [5.41, 5.74) is 4.06. The first kappa shape index (κ1) is 17.9. The molecule has 0 bridgehead atoms. The molecule has 0 aliphatic heterocycles. The van der Waals surface area contributed by atoms with Crippen LogP contribution in [0.15, 0.2) is 35.5 Å². The minimum Gasteiger partial charge on any atom is -0.299 e. The minimum absolute atomic E-state index is 0.176. The van der Waals surface area contributed by atoms with E-state index in [-0.39, 0.29) is 5.92 Å². The van der Waals surface area contributed by atoms with Crippen LogP contribution in [-0.2, 0) is 4.79 Å². The first-order valence-electron chi connectivity index (χ1n) is 8.39. The predicted molar refractivity (Wildman–Crippen MR) is 92.3 cm³/mol. The van der Waals surface area contributed by atoms with Crippen molar-refractivity contribution in [3.05, 3.63) is 35.5 Å². The first-order chi connectivity index (χ1) is 9.90. The van der Waals surface area contributed by atoms with Gasteiger partial charge in [0.2, 0.25) is 0 Å². The number of carbonyl (C=O) groups excluding carboxylic acids is 1. The number of hydrogen-bond acceptors (Lipinski definition) is 1. The van der Waals surface area contributed by atoms with Crippen molar-refractivity contribution in [2.45, 2.75) is 72.6 Å². The molecule has 0 radical (unpaired) electrons. The van der Waals surface area contributed by atoms with Crippen LogP contribution in [0.1, 0.15) is 72.6 Å². The predicted octanol–water partition coefficient (Wildman–Crippen LogP) is 6.02. The first-order valence-corrected chi connectivity index (χ1v) is 8.39. The summed E-state index contributed by atoms with van der Waals surface area (Å²) in [7, 11) is 0. The zero-order valence-corrected chi connectivity index (χ0v) is 14.4. The van der Waals surface area contributed by atoms with Gasteiger partial charge < -0.3 is 0 Å². The molecule has 0 saturated carbocycles. The monoisotopic (exact) mass is 288 g/mol. The van der Waals surface area contributed by atoms with Crippen LogP contribution in [0.5, 0.6) is 0 Å². The highest BCUT2D eigenvalue weighted by atomic mass is 16.1. The van der Waals surface area contributed by atoms with Gasteiger partial charge in [-0.15, -0.1) is 0 Å². The summed E-state index contributed by atoms with van der Waals surface area (Å²) in [4.78, 5) is 12.4. The molecule has 0 amide bonds. The molecule has 2 unspecified atom stereocenters. The molecule has 1 aliphatic carbocycles. The van der Waals surface area contributed by atoms with Gasteiger partial charge in [0.15, 0.2) is 0 Å². The number of allylic oxidation sites excluding steroid dienone is 5. The lowest BCUT2D eigenvalue weighted by Crippen LogP contribution is -2.16. The lowest BCUT2D eigenvalue weighted by Gasteiger charge is -2.19. The molecule has 0 aromatic carbocycles. The minimum atomic E-state index is 0.176. The summed E-state index contributed by atoms with van der Waals surface area (Å²) in [6.45, 7) is 12.7. The van der Waals surface area contributed by atoms with Gasteiger partial charge in [0.05, 0.1) is 0 Å². The fourth-order valence-electron chi connectivity index (χ4n) is 2.86. The van der Waals surface area contributed by atoms with E-state index < -0.39 is 0 Å². The van der Waals surface area contributed by atoms with Gasteiger partial charge in [0.25, 0.3) is 0 Å². The second-order valence-corrected chi connectivity index (χ2v) is 6.87. The number of hydrogen-bond donors (Lipinski definition) is 0. The molecule has 0 spiro atoms. The van der Waals surface area contributed by atoms with Crippen molar-refractivity contribution in [2.75, 3.05) is 0 Å². The number of carbonyl (C=O) groups is 1. The summed E-state index contributed by atoms with van der Waals surface area (Å²) >= 11 is 0. The number of ketones is 1. The summed E-state index contributed by atoms with van der Waals surface area (Å²) < 4.78 is 0. The second kappa shape index (κ2) is 9.02. The Labute approximate surface area is 131 Å². The third kappa shape index (κ3) is 6.93. The van der Waals surface area contributed by atoms with Gasteiger partial charge in [-0.3, -0.25) is 4.79 Å². The van der Waals surface area contributed by atoms with E-state index in [1.807, 2.05) is 0 Å². The molecular weight excluding hydrogens is 256 g/mol. The van der Waals surface area contributed by atoms with Gasteiger partial charge in [0.1, 0.15) is 5.78 Å². The molecule has 0 saturated heterocycles. The smallest absolute Gasteiger partial charge is 0.136 e. The fourth-order valence-corrected chi connectivity index (χ4v) is 2.86. The Kier molecular flexibility index (Phi) is 7.71. The maximum absolute atomic E-state index is 12.4. The molecule has 21 heavy (non-hydrogen) atoms. The van der Waals surface area contributed by atoms with Gasteiger partial charge in [-0.1, -0.05) is 42.4 Å². The molecule has 1 aliphatic rings. The van der Waals surface area contributed by atoms with E-state index >= 15 is 0 Å². The van der Waals surface area contributed by atoms with E-state index in [4.69, 9.17) is 0 Å². The highest BCUT2D eigenvalue weighted by molar-refractivity contribution is 5.81. The third-order valence-electron chi connectivity index (χ3n) is 4.71. The summed E-state index contributed by atoms with van der Waals surface area (Å²) in [5.74, 6) is 0.937. The lowest BCUT2D eigenvalue weighted by atomic mass is 9.85. The molecule has 0 aromatic rings. The summed E-state index contributed by atoms with van der Waals surface area (Å²) in [6, 6.07) is 0.